The summed E-state index contributed by atoms with van der Waals surface area (Å²) in [5.41, 5.74) is 5.58. The number of nitrogens with one attached hydrogen (secondary N) is 4. The van der Waals surface area contributed by atoms with E-state index in [1.54, 1.807) is 0 Å². The quantitative estimate of drug-likeness (QED) is 0.229. The summed E-state index contributed by atoms with van der Waals surface area (Å²) in [6.07, 6.45) is 11.0. The van der Waals surface area contributed by atoms with Crippen LogP contribution in [0.15, 0.2) is 0 Å². The van der Waals surface area contributed by atoms with Gasteiger partial charge < -0.3 is 27.0 Å². The van der Waals surface area contributed by atoms with Crippen LogP contribution in [-0.2, 0) is 19.2 Å². The van der Waals surface area contributed by atoms with Crippen LogP contribution in [0.5, 0.6) is 0 Å². The number of hydrogen-bond donors (Lipinski definition) is 5. The summed E-state index contributed by atoms with van der Waals surface area (Å²) in [6, 6.07) is -1.92. The van der Waals surface area contributed by atoms with Gasteiger partial charge in [-0.3, -0.25) is 19.2 Å². The first-order valence-corrected chi connectivity index (χ1v) is 14.0. The van der Waals surface area contributed by atoms with Crippen LogP contribution in [0.25, 0.3) is 0 Å². The lowest BCUT2D eigenvalue weighted by atomic mass is 9.97. The molecule has 9 heteroatoms. The van der Waals surface area contributed by atoms with E-state index in [1.165, 1.54) is 32.1 Å². The molecule has 4 atom stereocenters. The minimum absolute atomic E-state index is 0.100. The maximum absolute atomic E-state index is 13.1. The summed E-state index contributed by atoms with van der Waals surface area (Å²) in [5, 5.41) is 11.1. The topological polar surface area (TPSA) is 142 Å². The van der Waals surface area contributed by atoms with Gasteiger partial charge in [-0.05, 0) is 37.6 Å². The van der Waals surface area contributed by atoms with Gasteiger partial charge in [0.05, 0.1) is 6.54 Å². The summed E-state index contributed by atoms with van der Waals surface area (Å²) in [7, 11) is 0. The van der Waals surface area contributed by atoms with Crippen molar-refractivity contribution in [3.63, 3.8) is 0 Å². The Kier molecular flexibility index (Phi) is 16.1. The van der Waals surface area contributed by atoms with E-state index in [2.05, 4.69) is 35.1 Å². The van der Waals surface area contributed by atoms with Crippen LogP contribution < -0.4 is 27.0 Å². The van der Waals surface area contributed by atoms with Gasteiger partial charge in [-0.2, -0.15) is 0 Å². The van der Waals surface area contributed by atoms with Crippen LogP contribution >= 0.6 is 0 Å². The molecule has 0 aromatic rings. The number of unbranched alkanes of at least 4 members (excludes halogenated alkanes) is 4. The van der Waals surface area contributed by atoms with Crippen molar-refractivity contribution in [3.05, 3.63) is 0 Å². The van der Waals surface area contributed by atoms with Gasteiger partial charge in [0.2, 0.25) is 23.6 Å². The predicted molar refractivity (Wildman–Crippen MR) is 143 cm³/mol. The van der Waals surface area contributed by atoms with Crippen molar-refractivity contribution in [1.82, 2.24) is 21.3 Å². The first kappa shape index (κ1) is 31.9. The highest BCUT2D eigenvalue weighted by Gasteiger charge is 2.30. The molecule has 1 aliphatic rings. The Balaban J connectivity index is 2.75. The molecular formula is C27H51N5O4. The van der Waals surface area contributed by atoms with Crippen molar-refractivity contribution in [2.75, 3.05) is 13.1 Å². The van der Waals surface area contributed by atoms with Crippen molar-refractivity contribution in [1.29, 1.82) is 0 Å². The van der Waals surface area contributed by atoms with E-state index in [0.717, 1.165) is 25.2 Å². The zero-order valence-corrected chi connectivity index (χ0v) is 23.0. The van der Waals surface area contributed by atoms with Gasteiger partial charge in [0, 0.05) is 12.5 Å². The lowest BCUT2D eigenvalue weighted by molar-refractivity contribution is -0.133. The predicted octanol–water partition coefficient (Wildman–Crippen LogP) is 2.52. The van der Waals surface area contributed by atoms with Gasteiger partial charge in [0.15, 0.2) is 0 Å². The molecule has 6 N–H and O–H groups in total. The van der Waals surface area contributed by atoms with Gasteiger partial charge in [-0.25, -0.2) is 0 Å². The lowest BCUT2D eigenvalue weighted by Crippen LogP contribution is -2.56. The number of carbonyl (C=O) groups excluding carboxylic acids is 4. The fourth-order valence-electron chi connectivity index (χ4n) is 4.67. The monoisotopic (exact) mass is 509 g/mol. The Labute approximate surface area is 217 Å². The van der Waals surface area contributed by atoms with Gasteiger partial charge in [-0.1, -0.05) is 79.1 Å². The lowest BCUT2D eigenvalue weighted by Gasteiger charge is -2.27. The Hall–Kier alpha value is -2.16. The summed E-state index contributed by atoms with van der Waals surface area (Å²) in [6.45, 7) is 8.43. The van der Waals surface area contributed by atoms with Crippen LogP contribution in [0.2, 0.25) is 0 Å². The zero-order valence-electron chi connectivity index (χ0n) is 23.0. The van der Waals surface area contributed by atoms with E-state index in [9.17, 15) is 19.2 Å². The maximum Gasteiger partial charge on any atom is 0.243 e. The number of nitrogens with two attached hydrogens (primary N) is 1. The molecule has 4 unspecified atom stereocenters. The third-order valence-electron chi connectivity index (χ3n) is 6.85. The van der Waals surface area contributed by atoms with E-state index >= 15 is 0 Å². The molecule has 36 heavy (non-hydrogen) atoms. The zero-order chi connectivity index (χ0) is 26.9. The van der Waals surface area contributed by atoms with Gasteiger partial charge in [0.1, 0.15) is 12.1 Å². The molecule has 1 aliphatic heterocycles. The van der Waals surface area contributed by atoms with Crippen molar-refractivity contribution in [2.45, 2.75) is 123 Å². The average Bonchev–Trinajstić information content (AvgIpc) is 2.82. The molecule has 1 heterocycles. The molecule has 1 fully saturated rings. The fourth-order valence-corrected chi connectivity index (χ4v) is 4.67. The SMILES string of the molecule is CCCC(C)CCCCCCCC1CC(=O)NCC(=O)NC(CCCN)C(=O)NC(C(C)C)C(=O)N1. The maximum atomic E-state index is 13.1. The highest BCUT2D eigenvalue weighted by atomic mass is 16.2. The standard InChI is InChI=1S/C27H51N5O4/c1-5-12-20(4)13-9-7-6-8-10-14-21-17-23(33)29-18-24(34)31-22(15-11-16-28)26(35)32-25(19(2)3)27(36)30-21/h19-22,25H,5-18,28H2,1-4H3,(H,29,33)(H,30,36)(H,31,34)(H,32,35). The molecule has 1 saturated heterocycles. The number of hydrogen-bond acceptors (Lipinski definition) is 5. The van der Waals surface area contributed by atoms with Crippen molar-refractivity contribution in [2.24, 2.45) is 17.6 Å². The van der Waals surface area contributed by atoms with Crippen LogP contribution in [-0.4, -0.2) is 54.8 Å². The molecule has 0 radical (unpaired) electrons. The molecule has 0 spiro atoms. The largest absolute Gasteiger partial charge is 0.351 e. The fraction of sp³-hybridized carbons (Fsp3) is 0.852. The van der Waals surface area contributed by atoms with Crippen molar-refractivity contribution >= 4 is 23.6 Å². The molecule has 4 amide bonds. The Morgan fingerprint density at radius 3 is 2.17 bits per heavy atom. The molecule has 208 valence electrons. The molecular weight excluding hydrogens is 458 g/mol. The molecule has 9 nitrogen and oxygen atoms in total. The van der Waals surface area contributed by atoms with Gasteiger partial charge in [0.25, 0.3) is 0 Å². The summed E-state index contributed by atoms with van der Waals surface area (Å²) >= 11 is 0. The van der Waals surface area contributed by atoms with E-state index < -0.39 is 23.9 Å². The van der Waals surface area contributed by atoms with E-state index in [1.807, 2.05) is 13.8 Å². The molecule has 0 bridgehead atoms. The molecule has 0 aromatic carbocycles. The Morgan fingerprint density at radius 2 is 1.50 bits per heavy atom. The summed E-state index contributed by atoms with van der Waals surface area (Å²) in [4.78, 5) is 50.9. The van der Waals surface area contributed by atoms with Crippen LogP contribution in [0, 0.1) is 11.8 Å². The summed E-state index contributed by atoms with van der Waals surface area (Å²) in [5.74, 6) is -0.820. The second-order valence-electron chi connectivity index (χ2n) is 10.7. The van der Waals surface area contributed by atoms with E-state index in [-0.39, 0.29) is 36.7 Å². The highest BCUT2D eigenvalue weighted by Crippen LogP contribution is 2.17. The number of rotatable bonds is 14. The molecule has 0 aromatic heterocycles. The minimum Gasteiger partial charge on any atom is -0.351 e. The Bertz CT molecular complexity index is 685. The van der Waals surface area contributed by atoms with Crippen molar-refractivity contribution < 1.29 is 19.2 Å². The molecule has 0 saturated carbocycles. The smallest absolute Gasteiger partial charge is 0.243 e. The molecule has 1 rings (SSSR count). The minimum atomic E-state index is -0.812. The second kappa shape index (κ2) is 18.1. The van der Waals surface area contributed by atoms with Gasteiger partial charge in [-0.15, -0.1) is 0 Å². The first-order chi connectivity index (χ1) is 17.2. The highest BCUT2D eigenvalue weighted by molar-refractivity contribution is 5.94. The van der Waals surface area contributed by atoms with E-state index in [4.69, 9.17) is 5.73 Å². The normalized spacial score (nSPS) is 23.0. The molecule has 0 aliphatic carbocycles. The van der Waals surface area contributed by atoms with Gasteiger partial charge >= 0.3 is 0 Å². The third kappa shape index (κ3) is 13.2. The van der Waals surface area contributed by atoms with Crippen molar-refractivity contribution in [3.8, 4) is 0 Å². The third-order valence-corrected chi connectivity index (χ3v) is 6.85. The number of amides is 4. The summed E-state index contributed by atoms with van der Waals surface area (Å²) < 4.78 is 0. The van der Waals surface area contributed by atoms with Crippen LogP contribution in [0.1, 0.15) is 105 Å². The van der Waals surface area contributed by atoms with Crippen LogP contribution in [0.3, 0.4) is 0 Å². The Morgan fingerprint density at radius 1 is 0.806 bits per heavy atom. The average molecular weight is 510 g/mol. The first-order valence-electron chi connectivity index (χ1n) is 14.0. The van der Waals surface area contributed by atoms with E-state index in [0.29, 0.717) is 25.8 Å². The number of carbonyl (C=O) groups is 4. The van der Waals surface area contributed by atoms with Crippen LogP contribution in [0.4, 0.5) is 0 Å². The second-order valence-corrected chi connectivity index (χ2v) is 10.7.